The van der Waals surface area contributed by atoms with Crippen LogP contribution in [0.15, 0.2) is 36.4 Å². The van der Waals surface area contributed by atoms with Crippen LogP contribution in [0.4, 0.5) is 5.69 Å². The second-order valence-corrected chi connectivity index (χ2v) is 5.25. The number of fused-ring (bicyclic) bond motifs is 1. The molecule has 1 saturated heterocycles. The first-order valence-corrected chi connectivity index (χ1v) is 6.95. The molecule has 1 atom stereocenters. The Balaban J connectivity index is 2.03. The van der Waals surface area contributed by atoms with Crippen molar-refractivity contribution in [1.82, 2.24) is 10.2 Å². The summed E-state index contributed by atoms with van der Waals surface area (Å²) in [7, 11) is 0. The van der Waals surface area contributed by atoms with Crippen LogP contribution in [-0.4, -0.2) is 35.8 Å². The van der Waals surface area contributed by atoms with Crippen LogP contribution in [0.2, 0.25) is 0 Å². The highest BCUT2D eigenvalue weighted by Crippen LogP contribution is 2.23. The fraction of sp³-hybridized carbons (Fsp3) is 0.250. The van der Waals surface area contributed by atoms with Crippen molar-refractivity contribution in [2.75, 3.05) is 18.8 Å². The van der Waals surface area contributed by atoms with Gasteiger partial charge in [0.15, 0.2) is 0 Å². The van der Waals surface area contributed by atoms with E-state index in [1.54, 1.807) is 24.0 Å². The Bertz CT molecular complexity index is 727. The molecule has 108 valence electrons. The van der Waals surface area contributed by atoms with Crippen LogP contribution in [0.3, 0.4) is 0 Å². The van der Waals surface area contributed by atoms with E-state index in [9.17, 15) is 9.59 Å². The minimum atomic E-state index is -0.449. The van der Waals surface area contributed by atoms with Gasteiger partial charge >= 0.3 is 0 Å². The summed E-state index contributed by atoms with van der Waals surface area (Å²) < 4.78 is 0. The predicted octanol–water partition coefficient (Wildman–Crippen LogP) is 1.38. The highest BCUT2D eigenvalue weighted by Gasteiger charge is 2.30. The van der Waals surface area contributed by atoms with Gasteiger partial charge in [-0.3, -0.25) is 9.59 Å². The molecule has 0 aliphatic carbocycles. The average molecular weight is 283 g/mol. The van der Waals surface area contributed by atoms with Gasteiger partial charge in [-0.25, -0.2) is 0 Å². The second kappa shape index (κ2) is 5.09. The van der Waals surface area contributed by atoms with E-state index >= 15 is 0 Å². The summed E-state index contributed by atoms with van der Waals surface area (Å²) in [6, 6.07) is 10.6. The largest absolute Gasteiger partial charge is 0.399 e. The first kappa shape index (κ1) is 13.4. The molecule has 0 bridgehead atoms. The van der Waals surface area contributed by atoms with Gasteiger partial charge in [0, 0.05) is 24.3 Å². The maximum Gasteiger partial charge on any atom is 0.255 e. The number of carbonyl (C=O) groups is 2. The maximum atomic E-state index is 12.8. The van der Waals surface area contributed by atoms with Gasteiger partial charge in [0.2, 0.25) is 5.91 Å². The minimum absolute atomic E-state index is 0.112. The molecule has 3 rings (SSSR count). The summed E-state index contributed by atoms with van der Waals surface area (Å²) in [6.07, 6.45) is 0. The smallest absolute Gasteiger partial charge is 0.255 e. The summed E-state index contributed by atoms with van der Waals surface area (Å²) in [5.74, 6) is -0.230. The molecule has 1 heterocycles. The Labute approximate surface area is 122 Å². The molecule has 1 aliphatic rings. The number of anilines is 1. The summed E-state index contributed by atoms with van der Waals surface area (Å²) in [5, 5.41) is 4.55. The number of nitrogens with zero attached hydrogens (tertiary/aromatic N) is 1. The lowest BCUT2D eigenvalue weighted by Gasteiger charge is -2.33. The SMILES string of the molecule is C[C@H]1C(=O)NCCN1C(=O)c1cccc2cc(N)ccc12. The van der Waals surface area contributed by atoms with Crippen LogP contribution in [0.5, 0.6) is 0 Å². The first-order valence-electron chi connectivity index (χ1n) is 6.95. The number of piperazine rings is 1. The standard InChI is InChI=1S/C16H17N3O2/c1-10-15(20)18-7-8-19(10)16(21)14-4-2-3-11-9-12(17)5-6-13(11)14/h2-6,9-10H,7-8,17H2,1H3,(H,18,20)/t10-/m0/s1. The average Bonchev–Trinajstić information content (AvgIpc) is 2.48. The van der Waals surface area contributed by atoms with Crippen molar-refractivity contribution in [2.24, 2.45) is 0 Å². The number of carbonyl (C=O) groups excluding carboxylic acids is 2. The van der Waals surface area contributed by atoms with Crippen molar-refractivity contribution in [1.29, 1.82) is 0 Å². The van der Waals surface area contributed by atoms with Crippen LogP contribution in [-0.2, 0) is 4.79 Å². The van der Waals surface area contributed by atoms with Gasteiger partial charge in [-0.1, -0.05) is 18.2 Å². The Morgan fingerprint density at radius 2 is 2.14 bits per heavy atom. The second-order valence-electron chi connectivity index (χ2n) is 5.25. The molecule has 3 N–H and O–H groups in total. The summed E-state index contributed by atoms with van der Waals surface area (Å²) in [6.45, 7) is 2.76. The van der Waals surface area contributed by atoms with Crippen molar-refractivity contribution < 1.29 is 9.59 Å². The van der Waals surface area contributed by atoms with E-state index in [0.29, 0.717) is 24.3 Å². The Morgan fingerprint density at radius 1 is 1.33 bits per heavy atom. The molecule has 21 heavy (non-hydrogen) atoms. The lowest BCUT2D eigenvalue weighted by atomic mass is 10.0. The molecule has 2 aromatic carbocycles. The van der Waals surface area contributed by atoms with E-state index in [-0.39, 0.29) is 11.8 Å². The number of rotatable bonds is 1. The van der Waals surface area contributed by atoms with Crippen LogP contribution in [0, 0.1) is 0 Å². The maximum absolute atomic E-state index is 12.8. The van der Waals surface area contributed by atoms with Gasteiger partial charge < -0.3 is 16.0 Å². The van der Waals surface area contributed by atoms with Crippen LogP contribution < -0.4 is 11.1 Å². The fourth-order valence-electron chi connectivity index (χ4n) is 2.70. The lowest BCUT2D eigenvalue weighted by Crippen LogP contribution is -2.55. The summed E-state index contributed by atoms with van der Waals surface area (Å²) in [5.41, 5.74) is 7.06. The number of hydrogen-bond acceptors (Lipinski definition) is 3. The molecule has 0 saturated carbocycles. The van der Waals surface area contributed by atoms with E-state index in [1.807, 2.05) is 24.3 Å². The molecular weight excluding hydrogens is 266 g/mol. The van der Waals surface area contributed by atoms with Crippen molar-refractivity contribution >= 4 is 28.3 Å². The van der Waals surface area contributed by atoms with Crippen LogP contribution >= 0.6 is 0 Å². The first-order chi connectivity index (χ1) is 10.1. The van der Waals surface area contributed by atoms with E-state index in [4.69, 9.17) is 5.73 Å². The third-order valence-corrected chi connectivity index (χ3v) is 3.89. The van der Waals surface area contributed by atoms with Crippen LogP contribution in [0.25, 0.3) is 10.8 Å². The highest BCUT2D eigenvalue weighted by atomic mass is 16.2. The quantitative estimate of drug-likeness (QED) is 0.776. The van der Waals surface area contributed by atoms with Gasteiger partial charge in [-0.15, -0.1) is 0 Å². The van der Waals surface area contributed by atoms with Crippen molar-refractivity contribution in [3.63, 3.8) is 0 Å². The van der Waals surface area contributed by atoms with E-state index in [1.165, 1.54) is 0 Å². The Hall–Kier alpha value is -2.56. The van der Waals surface area contributed by atoms with E-state index in [0.717, 1.165) is 10.8 Å². The van der Waals surface area contributed by atoms with Gasteiger partial charge in [0.05, 0.1) is 0 Å². The summed E-state index contributed by atoms with van der Waals surface area (Å²) >= 11 is 0. The van der Waals surface area contributed by atoms with Crippen molar-refractivity contribution in [2.45, 2.75) is 13.0 Å². The zero-order chi connectivity index (χ0) is 15.0. The monoisotopic (exact) mass is 283 g/mol. The van der Waals surface area contributed by atoms with Gasteiger partial charge in [-0.05, 0) is 35.9 Å². The molecule has 0 spiro atoms. The predicted molar refractivity (Wildman–Crippen MR) is 81.9 cm³/mol. The third kappa shape index (κ3) is 2.31. The van der Waals surface area contributed by atoms with Crippen molar-refractivity contribution in [3.8, 4) is 0 Å². The number of benzene rings is 2. The molecule has 5 nitrogen and oxygen atoms in total. The summed E-state index contributed by atoms with van der Waals surface area (Å²) in [4.78, 5) is 26.1. The van der Waals surface area contributed by atoms with Gasteiger partial charge in [0.25, 0.3) is 5.91 Å². The molecule has 0 radical (unpaired) electrons. The fourth-order valence-corrected chi connectivity index (χ4v) is 2.70. The van der Waals surface area contributed by atoms with Gasteiger partial charge in [0.1, 0.15) is 6.04 Å². The molecule has 2 amide bonds. The number of nitrogen functional groups attached to an aromatic ring is 1. The minimum Gasteiger partial charge on any atom is -0.399 e. The highest BCUT2D eigenvalue weighted by molar-refractivity contribution is 6.08. The topological polar surface area (TPSA) is 75.4 Å². The third-order valence-electron chi connectivity index (χ3n) is 3.89. The molecular formula is C16H17N3O2. The lowest BCUT2D eigenvalue weighted by molar-refractivity contribution is -0.127. The Kier molecular flexibility index (Phi) is 3.25. The zero-order valence-corrected chi connectivity index (χ0v) is 11.8. The molecule has 0 unspecified atom stereocenters. The molecule has 0 aromatic heterocycles. The van der Waals surface area contributed by atoms with Crippen molar-refractivity contribution in [3.05, 3.63) is 42.0 Å². The molecule has 1 aliphatic heterocycles. The number of nitrogens with two attached hydrogens (primary N) is 1. The van der Waals surface area contributed by atoms with Crippen LogP contribution in [0.1, 0.15) is 17.3 Å². The van der Waals surface area contributed by atoms with Gasteiger partial charge in [-0.2, -0.15) is 0 Å². The van der Waals surface area contributed by atoms with E-state index in [2.05, 4.69) is 5.32 Å². The number of hydrogen-bond donors (Lipinski definition) is 2. The zero-order valence-electron chi connectivity index (χ0n) is 11.8. The Morgan fingerprint density at radius 3 is 2.95 bits per heavy atom. The number of nitrogens with one attached hydrogen (secondary N) is 1. The molecule has 1 fully saturated rings. The normalized spacial score (nSPS) is 18.6. The number of amides is 2. The van der Waals surface area contributed by atoms with E-state index < -0.39 is 6.04 Å². The molecule has 5 heteroatoms. The molecule has 2 aromatic rings.